The van der Waals surface area contributed by atoms with E-state index < -0.39 is 18.1 Å². The molecule has 0 radical (unpaired) electrons. The van der Waals surface area contributed by atoms with Gasteiger partial charge < -0.3 is 21.3 Å². The summed E-state index contributed by atoms with van der Waals surface area (Å²) in [5, 5.41) is 28.1. The van der Waals surface area contributed by atoms with Crippen LogP contribution in [0.15, 0.2) is 85.3 Å². The molecule has 43 heavy (non-hydrogen) atoms. The largest absolute Gasteiger partial charge is 0.507 e. The molecule has 2 atom stereocenters. The second kappa shape index (κ2) is 10.2. The Kier molecular flexibility index (Phi) is 6.17. The van der Waals surface area contributed by atoms with Gasteiger partial charge in [-0.3, -0.25) is 14.2 Å². The molecule has 0 saturated carbocycles. The molecule has 1 unspecified atom stereocenters. The monoisotopic (exact) mass is 572 g/mol. The summed E-state index contributed by atoms with van der Waals surface area (Å²) in [5.41, 5.74) is 10.4. The van der Waals surface area contributed by atoms with Gasteiger partial charge in [0, 0.05) is 36.3 Å². The van der Waals surface area contributed by atoms with Crippen molar-refractivity contribution < 1.29 is 19.8 Å². The lowest BCUT2D eigenvalue weighted by Crippen LogP contribution is -2.27. The maximum atomic E-state index is 13.0. The van der Waals surface area contributed by atoms with Crippen LogP contribution < -0.4 is 11.1 Å². The maximum Gasteiger partial charge on any atom is 0.251 e. The van der Waals surface area contributed by atoms with Crippen LogP contribution in [0.4, 0.5) is 5.82 Å². The third-order valence-corrected chi connectivity index (χ3v) is 7.55. The second-order valence-electron chi connectivity index (χ2n) is 10.2. The van der Waals surface area contributed by atoms with E-state index in [1.165, 1.54) is 18.2 Å². The van der Waals surface area contributed by atoms with Crippen molar-refractivity contribution in [3.8, 4) is 28.6 Å². The van der Waals surface area contributed by atoms with Crippen LogP contribution in [-0.2, 0) is 0 Å². The fourth-order valence-electron chi connectivity index (χ4n) is 5.46. The van der Waals surface area contributed by atoms with Gasteiger partial charge in [-0.05, 0) is 71.8 Å². The number of aromatic hydroxyl groups is 1. The number of benzene rings is 2. The first-order chi connectivity index (χ1) is 20.9. The summed E-state index contributed by atoms with van der Waals surface area (Å²) < 4.78 is 3.52. The van der Waals surface area contributed by atoms with Gasteiger partial charge >= 0.3 is 0 Å². The minimum atomic E-state index is -0.847. The number of aliphatic hydroxyl groups is 1. The summed E-state index contributed by atoms with van der Waals surface area (Å²) >= 11 is 0. The number of imidazole rings is 1. The number of nitrogen functional groups attached to an aromatic ring is 1. The number of nitrogens with zero attached hydrogens (tertiary/aromatic N) is 6. The van der Waals surface area contributed by atoms with E-state index in [-0.39, 0.29) is 23.3 Å². The number of aromatic nitrogens is 6. The summed E-state index contributed by atoms with van der Waals surface area (Å²) in [4.78, 5) is 38.2. The molecule has 0 fully saturated rings. The van der Waals surface area contributed by atoms with E-state index in [9.17, 15) is 19.8 Å². The third-order valence-electron chi connectivity index (χ3n) is 7.55. The molecule has 1 aliphatic rings. The molecule has 7 rings (SSSR count). The Morgan fingerprint density at radius 3 is 2.70 bits per heavy atom. The van der Waals surface area contributed by atoms with Crippen LogP contribution in [0.5, 0.6) is 5.75 Å². The summed E-state index contributed by atoms with van der Waals surface area (Å²) in [5.74, 6) is 0.804. The molecule has 0 spiro atoms. The van der Waals surface area contributed by atoms with Crippen molar-refractivity contribution in [2.45, 2.75) is 18.6 Å². The van der Waals surface area contributed by atoms with Gasteiger partial charge in [-0.1, -0.05) is 6.07 Å². The van der Waals surface area contributed by atoms with Gasteiger partial charge in [0.15, 0.2) is 23.6 Å². The van der Waals surface area contributed by atoms with E-state index in [4.69, 9.17) is 15.7 Å². The van der Waals surface area contributed by atoms with Crippen molar-refractivity contribution in [1.82, 2.24) is 34.6 Å². The van der Waals surface area contributed by atoms with Crippen LogP contribution in [0.1, 0.15) is 50.4 Å². The molecular formula is C31H24N8O4. The Bertz CT molecular complexity index is 2040. The number of rotatable bonds is 6. The minimum absolute atomic E-state index is 0.0195. The van der Waals surface area contributed by atoms with Gasteiger partial charge in [-0.2, -0.15) is 5.10 Å². The highest BCUT2D eigenvalue weighted by Gasteiger charge is 2.32. The SMILES string of the molecule is Nc1ncccc1-c1nc2ccc(-n3cccn3)nc2n1-c1ccc2c(c1)[C@@H](O)CC2NC(=O)c1ccc(O)c(C=O)c1. The van der Waals surface area contributed by atoms with Crippen LogP contribution in [0.25, 0.3) is 34.1 Å². The molecule has 212 valence electrons. The van der Waals surface area contributed by atoms with Crippen LogP contribution in [0, 0.1) is 0 Å². The molecule has 0 aliphatic heterocycles. The van der Waals surface area contributed by atoms with Gasteiger partial charge in [0.1, 0.15) is 17.1 Å². The second-order valence-corrected chi connectivity index (χ2v) is 10.2. The van der Waals surface area contributed by atoms with Crippen LogP contribution in [0.3, 0.4) is 0 Å². The lowest BCUT2D eigenvalue weighted by molar-refractivity contribution is 0.0924. The number of aldehydes is 1. The quantitative estimate of drug-likeness (QED) is 0.217. The number of carbonyl (C=O) groups excluding carboxylic acids is 2. The highest BCUT2D eigenvalue weighted by Crippen LogP contribution is 2.41. The number of hydrogen-bond donors (Lipinski definition) is 4. The first-order valence-corrected chi connectivity index (χ1v) is 13.4. The molecule has 4 aromatic heterocycles. The zero-order valence-electron chi connectivity index (χ0n) is 22.5. The smallest absolute Gasteiger partial charge is 0.251 e. The highest BCUT2D eigenvalue weighted by atomic mass is 16.3. The Morgan fingerprint density at radius 2 is 1.91 bits per heavy atom. The molecule has 2 aromatic carbocycles. The number of aliphatic hydroxyl groups excluding tert-OH is 1. The molecule has 0 bridgehead atoms. The maximum absolute atomic E-state index is 13.0. The molecule has 6 aromatic rings. The number of nitrogens with one attached hydrogen (secondary N) is 1. The van der Waals surface area contributed by atoms with Gasteiger partial charge in [0.05, 0.1) is 23.3 Å². The van der Waals surface area contributed by atoms with E-state index in [1.54, 1.807) is 29.3 Å². The highest BCUT2D eigenvalue weighted by molar-refractivity contribution is 5.96. The molecule has 0 saturated heterocycles. The van der Waals surface area contributed by atoms with Gasteiger partial charge in [-0.25, -0.2) is 19.6 Å². The average Bonchev–Trinajstić information content (AvgIpc) is 3.75. The zero-order valence-corrected chi connectivity index (χ0v) is 22.5. The Balaban J connectivity index is 1.31. The average molecular weight is 573 g/mol. The van der Waals surface area contributed by atoms with Crippen molar-refractivity contribution in [3.05, 3.63) is 108 Å². The first kappa shape index (κ1) is 26.0. The lowest BCUT2D eigenvalue weighted by Gasteiger charge is -2.16. The fourth-order valence-corrected chi connectivity index (χ4v) is 5.46. The van der Waals surface area contributed by atoms with Crippen molar-refractivity contribution >= 4 is 29.2 Å². The molecule has 1 amide bonds. The standard InChI is InChI=1S/C31H24N8O4/c32-28-21(3-1-10-33-28)29-35-23-7-9-27(38-12-2-11-34-38)37-30(23)39(29)19-5-6-20-22(14-19)26(42)15-24(20)36-31(43)17-4-8-25(41)18(13-17)16-40/h1-14,16,24,26,41-42H,15H2,(H2,32,33)(H,36,43)/t24?,26-/m0/s1. The van der Waals surface area contributed by atoms with E-state index in [1.807, 2.05) is 47.0 Å². The number of pyridine rings is 2. The van der Waals surface area contributed by atoms with Gasteiger partial charge in [-0.15, -0.1) is 0 Å². The van der Waals surface area contributed by atoms with E-state index in [0.717, 1.165) is 5.56 Å². The number of amides is 1. The Labute approximate surface area is 244 Å². The minimum Gasteiger partial charge on any atom is -0.507 e. The number of nitrogens with two attached hydrogens (primary N) is 1. The number of anilines is 1. The summed E-state index contributed by atoms with van der Waals surface area (Å²) in [7, 11) is 0. The van der Waals surface area contributed by atoms with Crippen molar-refractivity contribution in [3.63, 3.8) is 0 Å². The summed E-state index contributed by atoms with van der Waals surface area (Å²) in [6.45, 7) is 0. The predicted molar refractivity (Wildman–Crippen MR) is 157 cm³/mol. The molecule has 4 heterocycles. The molecule has 12 nitrogen and oxygen atoms in total. The first-order valence-electron chi connectivity index (χ1n) is 13.4. The fraction of sp³-hybridized carbons (Fsp3) is 0.0968. The number of phenols is 1. The number of phenolic OH excluding ortho intramolecular Hbond substituents is 1. The number of carbonyl (C=O) groups is 2. The Morgan fingerprint density at radius 1 is 1.02 bits per heavy atom. The van der Waals surface area contributed by atoms with Gasteiger partial charge in [0.2, 0.25) is 0 Å². The van der Waals surface area contributed by atoms with E-state index in [2.05, 4.69) is 15.4 Å². The predicted octanol–water partition coefficient (Wildman–Crippen LogP) is 3.68. The summed E-state index contributed by atoms with van der Waals surface area (Å²) in [6.07, 6.45) is 4.98. The summed E-state index contributed by atoms with van der Waals surface area (Å²) in [6, 6.07) is 18.3. The van der Waals surface area contributed by atoms with Crippen molar-refractivity contribution in [2.75, 3.05) is 5.73 Å². The van der Waals surface area contributed by atoms with Crippen molar-refractivity contribution in [1.29, 1.82) is 0 Å². The Hall–Kier alpha value is -5.88. The molecular weight excluding hydrogens is 548 g/mol. The zero-order chi connectivity index (χ0) is 29.7. The number of hydrogen-bond acceptors (Lipinski definition) is 9. The van der Waals surface area contributed by atoms with Gasteiger partial charge in [0.25, 0.3) is 5.91 Å². The number of fused-ring (bicyclic) bond motifs is 2. The van der Waals surface area contributed by atoms with Crippen LogP contribution in [0.2, 0.25) is 0 Å². The molecule has 12 heteroatoms. The van der Waals surface area contributed by atoms with Crippen LogP contribution >= 0.6 is 0 Å². The third kappa shape index (κ3) is 4.46. The molecule has 5 N–H and O–H groups in total. The van der Waals surface area contributed by atoms with Crippen molar-refractivity contribution in [2.24, 2.45) is 0 Å². The lowest BCUT2D eigenvalue weighted by atomic mass is 10.1. The topological polar surface area (TPSA) is 174 Å². The van der Waals surface area contributed by atoms with E-state index >= 15 is 0 Å². The van der Waals surface area contributed by atoms with Crippen LogP contribution in [-0.4, -0.2) is 51.7 Å². The molecule has 1 aliphatic carbocycles. The van der Waals surface area contributed by atoms with E-state index in [0.29, 0.717) is 51.7 Å². The normalized spacial score (nSPS) is 15.8.